The molecule has 0 aromatic rings. The van der Waals surface area contributed by atoms with Crippen LogP contribution < -0.4 is 0 Å². The first-order valence-corrected chi connectivity index (χ1v) is 8.46. The van der Waals surface area contributed by atoms with Gasteiger partial charge in [-0.15, -0.1) is 0 Å². The Balaban J connectivity index is 4.12. The van der Waals surface area contributed by atoms with E-state index >= 15 is 0 Å². The second-order valence-electron chi connectivity index (χ2n) is 6.10. The first-order chi connectivity index (χ1) is 9.08. The lowest BCUT2D eigenvalue weighted by Gasteiger charge is -2.23. The molecule has 1 heteroatoms. The lowest BCUT2D eigenvalue weighted by molar-refractivity contribution is 0.261. The van der Waals surface area contributed by atoms with Crippen LogP contribution in [0, 0.1) is 17.8 Å². The summed E-state index contributed by atoms with van der Waals surface area (Å²) in [6.07, 6.45) is 11.5. The van der Waals surface area contributed by atoms with Crippen LogP contribution in [0.5, 0.6) is 0 Å². The molecule has 0 rings (SSSR count). The predicted octanol–water partition coefficient (Wildman–Crippen LogP) is 6.50. The second-order valence-corrected chi connectivity index (χ2v) is 6.10. The molecule has 0 aliphatic heterocycles. The first kappa shape index (κ1) is 18.5. The lowest BCUT2D eigenvalue weighted by Crippen LogP contribution is -2.11. The van der Waals surface area contributed by atoms with Crippen LogP contribution in [0.3, 0.4) is 0 Å². The van der Waals surface area contributed by atoms with E-state index in [0.29, 0.717) is 11.7 Å². The fourth-order valence-electron chi connectivity index (χ4n) is 2.95. The Hall–Kier alpha value is -0.460. The highest BCUT2D eigenvalue weighted by atomic mass is 16.3. The number of rotatable bonds is 12. The van der Waals surface area contributed by atoms with Gasteiger partial charge in [0.05, 0.1) is 5.76 Å². The minimum atomic E-state index is 0.306. The van der Waals surface area contributed by atoms with Crippen molar-refractivity contribution in [3.8, 4) is 0 Å². The molecule has 0 spiro atoms. The van der Waals surface area contributed by atoms with Crippen molar-refractivity contribution in [3.05, 3.63) is 12.3 Å². The third-order valence-electron chi connectivity index (χ3n) is 4.69. The molecule has 1 N–H and O–H groups in total. The molecule has 0 aromatic heterocycles. The number of unbranched alkanes of at least 4 members (excludes halogenated alkanes) is 1. The van der Waals surface area contributed by atoms with Crippen LogP contribution in [-0.2, 0) is 0 Å². The fraction of sp³-hybridized carbons (Fsp3) is 0.889. The normalized spacial score (nSPS) is 16.0. The Labute approximate surface area is 121 Å². The highest BCUT2D eigenvalue weighted by Gasteiger charge is 2.17. The van der Waals surface area contributed by atoms with Crippen molar-refractivity contribution in [2.45, 2.75) is 85.5 Å². The van der Waals surface area contributed by atoms with Gasteiger partial charge in [-0.1, -0.05) is 79.2 Å². The number of hydrogen-bond donors (Lipinski definition) is 1. The number of aliphatic hydroxyl groups is 1. The van der Waals surface area contributed by atoms with Crippen molar-refractivity contribution in [1.82, 2.24) is 0 Å². The van der Waals surface area contributed by atoms with Gasteiger partial charge in [0.15, 0.2) is 0 Å². The molecule has 19 heavy (non-hydrogen) atoms. The van der Waals surface area contributed by atoms with Crippen molar-refractivity contribution >= 4 is 0 Å². The molecule has 1 nitrogen and oxygen atoms in total. The summed E-state index contributed by atoms with van der Waals surface area (Å²) in [4.78, 5) is 0. The average molecular weight is 268 g/mol. The van der Waals surface area contributed by atoms with Gasteiger partial charge in [0.2, 0.25) is 0 Å². The summed E-state index contributed by atoms with van der Waals surface area (Å²) in [5.41, 5.74) is 0. The van der Waals surface area contributed by atoms with E-state index in [1.807, 2.05) is 0 Å². The molecule has 0 radical (unpaired) electrons. The largest absolute Gasteiger partial charge is 0.513 e. The second kappa shape index (κ2) is 11.4. The zero-order chi connectivity index (χ0) is 14.7. The van der Waals surface area contributed by atoms with Gasteiger partial charge in [-0.25, -0.2) is 0 Å². The van der Waals surface area contributed by atoms with E-state index < -0.39 is 0 Å². The van der Waals surface area contributed by atoms with Gasteiger partial charge in [-0.05, 0) is 24.7 Å². The molecule has 0 saturated heterocycles. The number of aliphatic hydroxyl groups excluding tert-OH is 1. The maximum Gasteiger partial charge on any atom is 0.0881 e. The standard InChI is InChI=1S/C18H36O/c1-6-10-11-16(7-2)12-13-17(8-3)14-18(9-4)15(5)19/h16-19H,5-14H2,1-4H3. The van der Waals surface area contributed by atoms with Gasteiger partial charge in [-0.2, -0.15) is 0 Å². The SMILES string of the molecule is C=C(O)C(CC)CC(CC)CCC(CC)CCCC. The summed E-state index contributed by atoms with van der Waals surface area (Å²) >= 11 is 0. The molecule has 114 valence electrons. The summed E-state index contributed by atoms with van der Waals surface area (Å²) in [7, 11) is 0. The first-order valence-electron chi connectivity index (χ1n) is 8.46. The van der Waals surface area contributed by atoms with Gasteiger partial charge in [-0.3, -0.25) is 0 Å². The van der Waals surface area contributed by atoms with Crippen molar-refractivity contribution in [3.63, 3.8) is 0 Å². The van der Waals surface area contributed by atoms with E-state index in [0.717, 1.165) is 24.7 Å². The third kappa shape index (κ3) is 8.34. The van der Waals surface area contributed by atoms with Gasteiger partial charge < -0.3 is 5.11 Å². The van der Waals surface area contributed by atoms with E-state index in [-0.39, 0.29) is 0 Å². The number of allylic oxidation sites excluding steroid dienone is 1. The zero-order valence-electron chi connectivity index (χ0n) is 13.8. The van der Waals surface area contributed by atoms with Gasteiger partial charge in [0.1, 0.15) is 0 Å². The lowest BCUT2D eigenvalue weighted by atomic mass is 9.83. The van der Waals surface area contributed by atoms with Gasteiger partial charge >= 0.3 is 0 Å². The van der Waals surface area contributed by atoms with E-state index in [4.69, 9.17) is 0 Å². The monoisotopic (exact) mass is 268 g/mol. The Morgan fingerprint density at radius 2 is 1.47 bits per heavy atom. The smallest absolute Gasteiger partial charge is 0.0881 e. The van der Waals surface area contributed by atoms with E-state index in [9.17, 15) is 5.11 Å². The average Bonchev–Trinajstić information content (AvgIpc) is 2.41. The Morgan fingerprint density at radius 1 is 0.895 bits per heavy atom. The topological polar surface area (TPSA) is 20.2 Å². The van der Waals surface area contributed by atoms with Crippen LogP contribution in [0.1, 0.15) is 85.5 Å². The van der Waals surface area contributed by atoms with Crippen LogP contribution in [0.2, 0.25) is 0 Å². The molecule has 3 atom stereocenters. The van der Waals surface area contributed by atoms with Crippen LogP contribution in [-0.4, -0.2) is 5.11 Å². The van der Waals surface area contributed by atoms with E-state index in [1.165, 1.54) is 44.9 Å². The van der Waals surface area contributed by atoms with Crippen LogP contribution in [0.4, 0.5) is 0 Å². The molecule has 0 aliphatic carbocycles. The molecular formula is C18H36O. The van der Waals surface area contributed by atoms with Crippen molar-refractivity contribution in [1.29, 1.82) is 0 Å². The Kier molecular flexibility index (Phi) is 11.1. The quantitative estimate of drug-likeness (QED) is 0.401. The maximum atomic E-state index is 9.60. The molecule has 0 amide bonds. The van der Waals surface area contributed by atoms with Gasteiger partial charge in [0, 0.05) is 5.92 Å². The van der Waals surface area contributed by atoms with Crippen LogP contribution >= 0.6 is 0 Å². The summed E-state index contributed by atoms with van der Waals surface area (Å²) in [6.45, 7) is 12.8. The molecule has 0 bridgehead atoms. The zero-order valence-corrected chi connectivity index (χ0v) is 13.8. The number of hydrogen-bond acceptors (Lipinski definition) is 1. The van der Waals surface area contributed by atoms with Crippen LogP contribution in [0.25, 0.3) is 0 Å². The molecule has 0 aliphatic rings. The predicted molar refractivity (Wildman–Crippen MR) is 86.5 cm³/mol. The summed E-state index contributed by atoms with van der Waals surface area (Å²) in [5, 5.41) is 9.60. The van der Waals surface area contributed by atoms with Crippen molar-refractivity contribution in [2.24, 2.45) is 17.8 Å². The third-order valence-corrected chi connectivity index (χ3v) is 4.69. The molecule has 0 heterocycles. The Morgan fingerprint density at radius 3 is 1.89 bits per heavy atom. The highest BCUT2D eigenvalue weighted by molar-refractivity contribution is 4.88. The minimum absolute atomic E-state index is 0.306. The maximum absolute atomic E-state index is 9.60. The molecule has 0 aromatic carbocycles. The van der Waals surface area contributed by atoms with E-state index in [1.54, 1.807) is 0 Å². The molecular weight excluding hydrogens is 232 g/mol. The molecule has 0 saturated carbocycles. The van der Waals surface area contributed by atoms with Crippen molar-refractivity contribution in [2.75, 3.05) is 0 Å². The fourth-order valence-corrected chi connectivity index (χ4v) is 2.95. The Bertz CT molecular complexity index is 222. The molecule has 0 fully saturated rings. The van der Waals surface area contributed by atoms with Gasteiger partial charge in [0.25, 0.3) is 0 Å². The van der Waals surface area contributed by atoms with Crippen molar-refractivity contribution < 1.29 is 5.11 Å². The van der Waals surface area contributed by atoms with E-state index in [2.05, 4.69) is 34.3 Å². The van der Waals surface area contributed by atoms with Crippen LogP contribution in [0.15, 0.2) is 12.3 Å². The summed E-state index contributed by atoms with van der Waals surface area (Å²) < 4.78 is 0. The molecule has 3 unspecified atom stereocenters. The minimum Gasteiger partial charge on any atom is -0.513 e. The highest BCUT2D eigenvalue weighted by Crippen LogP contribution is 2.29. The summed E-state index contributed by atoms with van der Waals surface area (Å²) in [5.74, 6) is 2.36. The summed E-state index contributed by atoms with van der Waals surface area (Å²) in [6, 6.07) is 0.